The lowest BCUT2D eigenvalue weighted by atomic mass is 9.51. The predicted molar refractivity (Wildman–Crippen MR) is 120 cm³/mol. The highest BCUT2D eigenvalue weighted by Crippen LogP contribution is 2.55. The molecule has 2 N–H and O–H groups in total. The maximum absolute atomic E-state index is 14.3. The molecular weight excluding hydrogens is 395 g/mol. The second-order valence-electron chi connectivity index (χ2n) is 8.81. The summed E-state index contributed by atoms with van der Waals surface area (Å²) in [5.41, 5.74) is 0.608. The monoisotopic (exact) mass is 426 g/mol. The average Bonchev–Trinajstić information content (AvgIpc) is 2.74. The third-order valence-corrected chi connectivity index (χ3v) is 5.75. The molecule has 0 amide bonds. The number of hydrogen-bond acceptors (Lipinski definition) is 5. The summed E-state index contributed by atoms with van der Waals surface area (Å²) in [6.45, 7) is 13.2. The van der Waals surface area contributed by atoms with E-state index in [-0.39, 0.29) is 16.9 Å². The van der Waals surface area contributed by atoms with E-state index in [0.717, 1.165) is 5.56 Å². The molecule has 1 saturated carbocycles. The van der Waals surface area contributed by atoms with Crippen molar-refractivity contribution in [2.75, 3.05) is 5.32 Å². The summed E-state index contributed by atoms with van der Waals surface area (Å²) in [5, 5.41) is 22.5. The number of anilines is 2. The Balaban J connectivity index is 0.00000166. The van der Waals surface area contributed by atoms with Gasteiger partial charge in [-0.3, -0.25) is 0 Å². The van der Waals surface area contributed by atoms with Crippen molar-refractivity contribution in [3.63, 3.8) is 0 Å². The second-order valence-corrected chi connectivity index (χ2v) is 8.81. The fourth-order valence-electron chi connectivity index (χ4n) is 4.34. The molecule has 6 heteroatoms. The molecule has 0 unspecified atom stereocenters. The van der Waals surface area contributed by atoms with Gasteiger partial charge in [0.25, 0.3) is 0 Å². The Kier molecular flexibility index (Phi) is 7.13. The SMILES string of the molecule is CC.Cc1ccc(Nc2cc(C#N)ccc2C(=O)OC2C(C)(C)C(O)C2(C)C)c(F)c1. The topological polar surface area (TPSA) is 82.4 Å². The first-order valence-electron chi connectivity index (χ1n) is 10.4. The zero-order valence-electron chi connectivity index (χ0n) is 19.2. The third-order valence-electron chi connectivity index (χ3n) is 5.75. The Morgan fingerprint density at radius 2 is 1.71 bits per heavy atom. The summed E-state index contributed by atoms with van der Waals surface area (Å²) in [5.74, 6) is -1.06. The number of carbonyl (C=O) groups is 1. The van der Waals surface area contributed by atoms with Crippen LogP contribution in [0.3, 0.4) is 0 Å². The van der Waals surface area contributed by atoms with Crippen molar-refractivity contribution in [2.45, 2.75) is 60.7 Å². The summed E-state index contributed by atoms with van der Waals surface area (Å²) >= 11 is 0. The molecule has 1 aliphatic rings. The Labute approximate surface area is 183 Å². The van der Waals surface area contributed by atoms with E-state index >= 15 is 0 Å². The Morgan fingerprint density at radius 3 is 2.26 bits per heavy atom. The van der Waals surface area contributed by atoms with E-state index in [0.29, 0.717) is 5.56 Å². The number of nitriles is 1. The average molecular weight is 427 g/mol. The lowest BCUT2D eigenvalue weighted by Crippen LogP contribution is -2.68. The van der Waals surface area contributed by atoms with Gasteiger partial charge in [-0.05, 0) is 42.8 Å². The first kappa shape index (κ1) is 24.4. The summed E-state index contributed by atoms with van der Waals surface area (Å²) in [6, 6.07) is 11.2. The zero-order valence-corrected chi connectivity index (χ0v) is 19.2. The number of aliphatic hydroxyl groups excluding tert-OH is 1. The van der Waals surface area contributed by atoms with Crippen LogP contribution >= 0.6 is 0 Å². The Bertz CT molecular complexity index is 992. The minimum atomic E-state index is -0.604. The van der Waals surface area contributed by atoms with Gasteiger partial charge in [0.05, 0.1) is 34.7 Å². The lowest BCUT2D eigenvalue weighted by Gasteiger charge is -2.60. The summed E-state index contributed by atoms with van der Waals surface area (Å²) in [4.78, 5) is 13.0. The van der Waals surface area contributed by atoms with Crippen LogP contribution in [0.5, 0.6) is 0 Å². The number of nitrogens with one attached hydrogen (secondary N) is 1. The normalized spacial score (nSPS) is 20.4. The van der Waals surface area contributed by atoms with Gasteiger partial charge in [-0.1, -0.05) is 47.6 Å². The van der Waals surface area contributed by atoms with Gasteiger partial charge in [0.1, 0.15) is 11.9 Å². The van der Waals surface area contributed by atoms with E-state index in [4.69, 9.17) is 4.74 Å². The maximum Gasteiger partial charge on any atom is 0.340 e. The molecule has 0 aliphatic heterocycles. The van der Waals surface area contributed by atoms with Crippen molar-refractivity contribution in [2.24, 2.45) is 10.8 Å². The zero-order chi connectivity index (χ0) is 23.6. The number of benzene rings is 2. The quantitative estimate of drug-likeness (QED) is 0.610. The van der Waals surface area contributed by atoms with E-state index in [9.17, 15) is 19.6 Å². The van der Waals surface area contributed by atoms with Crippen LogP contribution in [0, 0.1) is 34.9 Å². The molecular formula is C25H31FN2O3. The number of aryl methyl sites for hydroxylation is 1. The van der Waals surface area contributed by atoms with Gasteiger partial charge in [-0.2, -0.15) is 5.26 Å². The van der Waals surface area contributed by atoms with Crippen LogP contribution in [0.4, 0.5) is 15.8 Å². The number of nitrogens with zero attached hydrogens (tertiary/aromatic N) is 1. The highest BCUT2D eigenvalue weighted by molar-refractivity contribution is 5.97. The number of aliphatic hydroxyl groups is 1. The molecule has 0 spiro atoms. The van der Waals surface area contributed by atoms with Crippen LogP contribution in [0.2, 0.25) is 0 Å². The smallest absolute Gasteiger partial charge is 0.340 e. The van der Waals surface area contributed by atoms with Gasteiger partial charge >= 0.3 is 5.97 Å². The largest absolute Gasteiger partial charge is 0.457 e. The molecule has 2 aromatic rings. The van der Waals surface area contributed by atoms with Gasteiger partial charge in [-0.15, -0.1) is 0 Å². The number of carbonyl (C=O) groups excluding carboxylic acids is 1. The number of rotatable bonds is 4. The first-order chi connectivity index (χ1) is 14.5. The molecule has 3 rings (SSSR count). The molecule has 0 heterocycles. The van der Waals surface area contributed by atoms with Crippen molar-refractivity contribution >= 4 is 17.3 Å². The molecule has 2 aromatic carbocycles. The van der Waals surface area contributed by atoms with Crippen LogP contribution in [-0.4, -0.2) is 23.3 Å². The van der Waals surface area contributed by atoms with Crippen LogP contribution in [0.25, 0.3) is 0 Å². The summed E-state index contributed by atoms with van der Waals surface area (Å²) in [6.07, 6.45) is -1.09. The third kappa shape index (κ3) is 4.57. The van der Waals surface area contributed by atoms with Crippen LogP contribution in [0.1, 0.15) is 63.0 Å². The molecule has 31 heavy (non-hydrogen) atoms. The van der Waals surface area contributed by atoms with Crippen molar-refractivity contribution in [3.8, 4) is 6.07 Å². The molecule has 0 aromatic heterocycles. The summed E-state index contributed by atoms with van der Waals surface area (Å²) < 4.78 is 20.1. The van der Waals surface area contributed by atoms with E-state index in [1.165, 1.54) is 24.3 Å². The van der Waals surface area contributed by atoms with Gasteiger partial charge in [-0.25, -0.2) is 9.18 Å². The molecule has 1 fully saturated rings. The summed E-state index contributed by atoms with van der Waals surface area (Å²) in [7, 11) is 0. The predicted octanol–water partition coefficient (Wildman–Crippen LogP) is 5.73. The molecule has 0 bridgehead atoms. The molecule has 5 nitrogen and oxygen atoms in total. The molecule has 0 saturated heterocycles. The molecule has 0 radical (unpaired) electrons. The Morgan fingerprint density at radius 1 is 1.10 bits per heavy atom. The van der Waals surface area contributed by atoms with Gasteiger partial charge in [0, 0.05) is 10.8 Å². The van der Waals surface area contributed by atoms with Crippen molar-refractivity contribution in [1.82, 2.24) is 0 Å². The van der Waals surface area contributed by atoms with E-state index in [1.807, 2.05) is 47.6 Å². The van der Waals surface area contributed by atoms with Crippen molar-refractivity contribution in [3.05, 3.63) is 58.9 Å². The fraction of sp³-hybridized carbons (Fsp3) is 0.440. The Hall–Kier alpha value is -2.91. The minimum Gasteiger partial charge on any atom is -0.457 e. The number of ether oxygens (including phenoxy) is 1. The highest BCUT2D eigenvalue weighted by atomic mass is 19.1. The van der Waals surface area contributed by atoms with Gasteiger partial charge in [0.15, 0.2) is 0 Å². The molecule has 1 aliphatic carbocycles. The standard InChI is InChI=1S/C23H25FN2O3.C2H6/c1-13-6-9-17(16(24)10-13)26-18-11-14(12-25)7-8-15(18)19(27)29-21-22(2,3)20(28)23(21,4)5;1-2/h6-11,20-21,26,28H,1-5H3;1-2H3. The number of hydrogen-bond donors (Lipinski definition) is 2. The van der Waals surface area contributed by atoms with Crippen molar-refractivity contribution in [1.29, 1.82) is 5.26 Å². The van der Waals surface area contributed by atoms with Gasteiger partial charge < -0.3 is 15.2 Å². The number of esters is 1. The maximum atomic E-state index is 14.3. The second kappa shape index (κ2) is 9.07. The van der Waals surface area contributed by atoms with Crippen LogP contribution < -0.4 is 5.32 Å². The molecule has 0 atom stereocenters. The minimum absolute atomic E-state index is 0.192. The highest BCUT2D eigenvalue weighted by Gasteiger charge is 2.63. The van der Waals surface area contributed by atoms with E-state index in [2.05, 4.69) is 5.32 Å². The van der Waals surface area contributed by atoms with Crippen molar-refractivity contribution < 1.29 is 19.0 Å². The van der Waals surface area contributed by atoms with Crippen LogP contribution in [0.15, 0.2) is 36.4 Å². The van der Waals surface area contributed by atoms with Crippen LogP contribution in [-0.2, 0) is 4.74 Å². The van der Waals surface area contributed by atoms with E-state index in [1.54, 1.807) is 19.1 Å². The molecule has 166 valence electrons. The fourth-order valence-corrected chi connectivity index (χ4v) is 4.34. The number of halogens is 1. The lowest BCUT2D eigenvalue weighted by molar-refractivity contribution is -0.246. The van der Waals surface area contributed by atoms with E-state index < -0.39 is 34.8 Å². The van der Waals surface area contributed by atoms with Gasteiger partial charge in [0.2, 0.25) is 0 Å². The first-order valence-corrected chi connectivity index (χ1v) is 10.4.